The average molecular weight is 258 g/mol. The second kappa shape index (κ2) is 5.16. The minimum absolute atomic E-state index is 0.169. The van der Waals surface area contributed by atoms with Gasteiger partial charge >= 0.3 is 0 Å². The largest absolute Gasteiger partial charge is 0.316 e. The molecule has 1 fully saturated rings. The van der Waals surface area contributed by atoms with Crippen LogP contribution in [-0.4, -0.2) is 32.2 Å². The molecular formula is C10H18N4O2S. The molecule has 1 aliphatic carbocycles. The molecule has 6 nitrogen and oxygen atoms in total. The molecule has 2 rings (SSSR count). The third-order valence-electron chi connectivity index (χ3n) is 2.86. The molecule has 0 aromatic carbocycles. The van der Waals surface area contributed by atoms with Gasteiger partial charge in [-0.15, -0.1) is 0 Å². The van der Waals surface area contributed by atoms with Gasteiger partial charge in [0.15, 0.2) is 5.03 Å². The Hall–Kier alpha value is -0.920. The second-order valence-corrected chi connectivity index (χ2v) is 6.09. The van der Waals surface area contributed by atoms with Crippen molar-refractivity contribution in [3.63, 3.8) is 0 Å². The van der Waals surface area contributed by atoms with Crippen molar-refractivity contribution < 1.29 is 8.42 Å². The highest BCUT2D eigenvalue weighted by molar-refractivity contribution is 7.89. The summed E-state index contributed by atoms with van der Waals surface area (Å²) in [5.41, 5.74) is 0.659. The first-order valence-corrected chi connectivity index (χ1v) is 7.28. The maximum Gasteiger partial charge on any atom is 0.257 e. The zero-order valence-electron chi connectivity index (χ0n) is 9.86. The molecule has 0 atom stereocenters. The lowest BCUT2D eigenvalue weighted by atomic mass is 10.3. The summed E-state index contributed by atoms with van der Waals surface area (Å²) in [6.45, 7) is 0.986. The second-order valence-electron chi connectivity index (χ2n) is 4.38. The van der Waals surface area contributed by atoms with E-state index in [0.717, 1.165) is 12.3 Å². The maximum atomic E-state index is 12.0. The molecule has 0 saturated heterocycles. The van der Waals surface area contributed by atoms with E-state index in [1.54, 1.807) is 7.05 Å². The van der Waals surface area contributed by atoms with Crippen LogP contribution in [0.2, 0.25) is 0 Å². The molecule has 1 heterocycles. The summed E-state index contributed by atoms with van der Waals surface area (Å²) in [7, 11) is -1.68. The van der Waals surface area contributed by atoms with Crippen LogP contribution in [0.25, 0.3) is 0 Å². The van der Waals surface area contributed by atoms with Crippen molar-refractivity contribution in [2.45, 2.75) is 30.8 Å². The predicted octanol–water partition coefficient (Wildman–Crippen LogP) is 0.208. The first-order chi connectivity index (χ1) is 8.13. The Morgan fingerprint density at radius 1 is 1.53 bits per heavy atom. The fourth-order valence-corrected chi connectivity index (χ4v) is 2.90. The van der Waals surface area contributed by atoms with Gasteiger partial charge in [0, 0.05) is 18.7 Å². The van der Waals surface area contributed by atoms with E-state index in [1.807, 2.05) is 0 Å². The molecule has 7 heteroatoms. The van der Waals surface area contributed by atoms with Gasteiger partial charge in [-0.3, -0.25) is 5.10 Å². The van der Waals surface area contributed by atoms with Crippen molar-refractivity contribution in [3.8, 4) is 0 Å². The SMILES string of the molecule is CNCc1cn[nH]c1S(=O)(=O)NCCC1CC1. The Kier molecular flexibility index (Phi) is 3.80. The Bertz CT molecular complexity index is 464. The van der Waals surface area contributed by atoms with Crippen molar-refractivity contribution in [2.75, 3.05) is 13.6 Å². The van der Waals surface area contributed by atoms with Crippen LogP contribution in [0.4, 0.5) is 0 Å². The van der Waals surface area contributed by atoms with E-state index >= 15 is 0 Å². The van der Waals surface area contributed by atoms with Crippen LogP contribution in [0.1, 0.15) is 24.8 Å². The molecule has 1 saturated carbocycles. The third kappa shape index (κ3) is 3.27. The molecule has 0 radical (unpaired) electrons. The number of H-pyrrole nitrogens is 1. The van der Waals surface area contributed by atoms with Gasteiger partial charge in [0.1, 0.15) is 0 Å². The lowest BCUT2D eigenvalue weighted by molar-refractivity contribution is 0.569. The van der Waals surface area contributed by atoms with Gasteiger partial charge in [-0.25, -0.2) is 13.1 Å². The van der Waals surface area contributed by atoms with Crippen molar-refractivity contribution >= 4 is 10.0 Å². The van der Waals surface area contributed by atoms with Gasteiger partial charge in [-0.05, 0) is 19.4 Å². The minimum Gasteiger partial charge on any atom is -0.316 e. The van der Waals surface area contributed by atoms with E-state index < -0.39 is 10.0 Å². The van der Waals surface area contributed by atoms with Crippen LogP contribution in [0.3, 0.4) is 0 Å². The normalized spacial score (nSPS) is 16.3. The van der Waals surface area contributed by atoms with Crippen LogP contribution in [-0.2, 0) is 16.6 Å². The van der Waals surface area contributed by atoms with E-state index in [1.165, 1.54) is 19.0 Å². The molecule has 96 valence electrons. The highest BCUT2D eigenvalue weighted by Gasteiger charge is 2.23. The van der Waals surface area contributed by atoms with Gasteiger partial charge in [0.2, 0.25) is 0 Å². The summed E-state index contributed by atoms with van der Waals surface area (Å²) in [5, 5.41) is 9.41. The lowest BCUT2D eigenvalue weighted by Crippen LogP contribution is -2.26. The first kappa shape index (κ1) is 12.5. The fourth-order valence-electron chi connectivity index (χ4n) is 1.72. The van der Waals surface area contributed by atoms with E-state index in [2.05, 4.69) is 20.2 Å². The smallest absolute Gasteiger partial charge is 0.257 e. The number of rotatable bonds is 7. The topological polar surface area (TPSA) is 86.9 Å². The molecule has 3 N–H and O–H groups in total. The summed E-state index contributed by atoms with van der Waals surface area (Å²) in [6.07, 6.45) is 4.92. The van der Waals surface area contributed by atoms with Gasteiger partial charge in [-0.2, -0.15) is 5.10 Å². The van der Waals surface area contributed by atoms with E-state index in [-0.39, 0.29) is 5.03 Å². The average Bonchev–Trinajstić information content (AvgIpc) is 2.96. The molecule has 0 aliphatic heterocycles. The summed E-state index contributed by atoms with van der Waals surface area (Å²) in [5.74, 6) is 0.719. The van der Waals surface area contributed by atoms with Gasteiger partial charge in [-0.1, -0.05) is 12.8 Å². The fraction of sp³-hybridized carbons (Fsp3) is 0.700. The Labute approximate surface area is 101 Å². The van der Waals surface area contributed by atoms with Gasteiger partial charge in [0.25, 0.3) is 10.0 Å². The predicted molar refractivity (Wildman–Crippen MR) is 63.9 cm³/mol. The number of nitrogens with one attached hydrogen (secondary N) is 3. The number of nitrogens with zero attached hydrogens (tertiary/aromatic N) is 1. The summed E-state index contributed by atoms with van der Waals surface area (Å²) in [6, 6.07) is 0. The summed E-state index contributed by atoms with van der Waals surface area (Å²) < 4.78 is 26.6. The first-order valence-electron chi connectivity index (χ1n) is 5.80. The van der Waals surface area contributed by atoms with Gasteiger partial charge in [0.05, 0.1) is 6.20 Å². The molecular weight excluding hydrogens is 240 g/mol. The number of hydrogen-bond acceptors (Lipinski definition) is 4. The number of hydrogen-bond donors (Lipinski definition) is 3. The standard InChI is InChI=1S/C10H18N4O2S/c1-11-6-9-7-12-14-10(9)17(15,16)13-5-4-8-2-3-8/h7-8,11,13H,2-6H2,1H3,(H,12,14). The zero-order valence-corrected chi connectivity index (χ0v) is 10.7. The van der Waals surface area contributed by atoms with E-state index in [9.17, 15) is 8.42 Å². The van der Waals surface area contributed by atoms with Crippen molar-refractivity contribution in [1.29, 1.82) is 0 Å². The molecule has 0 unspecified atom stereocenters. The third-order valence-corrected chi connectivity index (χ3v) is 4.33. The van der Waals surface area contributed by atoms with Crippen LogP contribution < -0.4 is 10.0 Å². The van der Waals surface area contributed by atoms with Crippen LogP contribution in [0, 0.1) is 5.92 Å². The Morgan fingerprint density at radius 2 is 2.29 bits per heavy atom. The number of sulfonamides is 1. The summed E-state index contributed by atoms with van der Waals surface area (Å²) in [4.78, 5) is 0. The highest BCUT2D eigenvalue weighted by Crippen LogP contribution is 2.31. The number of aromatic nitrogens is 2. The molecule has 0 spiro atoms. The van der Waals surface area contributed by atoms with E-state index in [0.29, 0.717) is 18.7 Å². The van der Waals surface area contributed by atoms with Crippen molar-refractivity contribution in [2.24, 2.45) is 5.92 Å². The van der Waals surface area contributed by atoms with Crippen LogP contribution in [0.5, 0.6) is 0 Å². The monoisotopic (exact) mass is 258 g/mol. The lowest BCUT2D eigenvalue weighted by Gasteiger charge is -2.06. The number of aromatic amines is 1. The molecule has 17 heavy (non-hydrogen) atoms. The Balaban J connectivity index is 1.99. The quantitative estimate of drug-likeness (QED) is 0.652. The van der Waals surface area contributed by atoms with E-state index in [4.69, 9.17) is 0 Å². The highest BCUT2D eigenvalue weighted by atomic mass is 32.2. The zero-order chi connectivity index (χ0) is 12.3. The molecule has 1 aromatic rings. The van der Waals surface area contributed by atoms with Crippen molar-refractivity contribution in [3.05, 3.63) is 11.8 Å². The molecule has 1 aliphatic rings. The summed E-state index contributed by atoms with van der Waals surface area (Å²) >= 11 is 0. The van der Waals surface area contributed by atoms with Gasteiger partial charge < -0.3 is 5.32 Å². The minimum atomic E-state index is -3.45. The van der Waals surface area contributed by atoms with Crippen LogP contribution >= 0.6 is 0 Å². The molecule has 1 aromatic heterocycles. The molecule has 0 bridgehead atoms. The molecule has 0 amide bonds. The maximum absolute atomic E-state index is 12.0. The Morgan fingerprint density at radius 3 is 2.94 bits per heavy atom. The van der Waals surface area contributed by atoms with Crippen molar-refractivity contribution in [1.82, 2.24) is 20.2 Å². The van der Waals surface area contributed by atoms with Crippen LogP contribution in [0.15, 0.2) is 11.2 Å².